The fourth-order valence-corrected chi connectivity index (χ4v) is 2.87. The average Bonchev–Trinajstić information content (AvgIpc) is 2.60. The number of nitrogens with zero attached hydrogens (tertiary/aromatic N) is 1. The molecule has 0 aromatic heterocycles. The Morgan fingerprint density at radius 1 is 1.17 bits per heavy atom. The van der Waals surface area contributed by atoms with Gasteiger partial charge in [-0.15, -0.1) is 0 Å². The highest BCUT2D eigenvalue weighted by Gasteiger charge is 2.21. The lowest BCUT2D eigenvalue weighted by Crippen LogP contribution is -2.33. The maximum absolute atomic E-state index is 12.0. The highest BCUT2D eigenvalue weighted by Crippen LogP contribution is 2.29. The Bertz CT molecular complexity index is 683. The summed E-state index contributed by atoms with van der Waals surface area (Å²) < 4.78 is 0. The highest BCUT2D eigenvalue weighted by molar-refractivity contribution is 5.79. The molecule has 0 heterocycles. The van der Waals surface area contributed by atoms with Gasteiger partial charge in [0.05, 0.1) is 12.3 Å². The minimum Gasteiger partial charge on any atom is -0.386 e. The van der Waals surface area contributed by atoms with Crippen LogP contribution in [0.2, 0.25) is 0 Å². The van der Waals surface area contributed by atoms with Gasteiger partial charge in [0.1, 0.15) is 0 Å². The summed E-state index contributed by atoms with van der Waals surface area (Å²) >= 11 is 0. The highest BCUT2D eigenvalue weighted by atomic mass is 16.6. The first-order chi connectivity index (χ1) is 11.3. The van der Waals surface area contributed by atoms with E-state index < -0.39 is 0 Å². The fraction of sp³-hybridized carbons (Fsp3) is 0.263. The van der Waals surface area contributed by atoms with Crippen LogP contribution in [0.3, 0.4) is 0 Å². The summed E-state index contributed by atoms with van der Waals surface area (Å²) in [5, 5.41) is 6.87. The van der Waals surface area contributed by atoms with Gasteiger partial charge in [0.2, 0.25) is 0 Å². The molecule has 2 aromatic carbocycles. The largest absolute Gasteiger partial charge is 0.386 e. The number of nitrogens with one attached hydrogen (secondary N) is 1. The van der Waals surface area contributed by atoms with Crippen LogP contribution in [0.15, 0.2) is 59.8 Å². The molecule has 0 radical (unpaired) electrons. The molecule has 1 atom stereocenters. The third-order valence-electron chi connectivity index (χ3n) is 3.98. The van der Waals surface area contributed by atoms with E-state index in [1.54, 1.807) is 6.21 Å². The first kappa shape index (κ1) is 15.3. The lowest BCUT2D eigenvalue weighted by molar-refractivity contribution is -0.126. The van der Waals surface area contributed by atoms with Crippen molar-refractivity contribution in [3.05, 3.63) is 71.3 Å². The van der Waals surface area contributed by atoms with Gasteiger partial charge in [-0.25, -0.2) is 0 Å². The van der Waals surface area contributed by atoms with E-state index in [4.69, 9.17) is 4.84 Å². The van der Waals surface area contributed by atoms with Crippen molar-refractivity contribution in [3.8, 4) is 0 Å². The lowest BCUT2D eigenvalue weighted by Gasteiger charge is -2.26. The number of oxime groups is 1. The van der Waals surface area contributed by atoms with Crippen LogP contribution < -0.4 is 5.32 Å². The molecule has 0 aliphatic heterocycles. The van der Waals surface area contributed by atoms with Gasteiger partial charge in [-0.05, 0) is 36.0 Å². The predicted octanol–water partition coefficient (Wildman–Crippen LogP) is 3.23. The normalized spacial score (nSPS) is 16.8. The number of aryl methyl sites for hydroxylation is 1. The van der Waals surface area contributed by atoms with Crippen molar-refractivity contribution in [2.45, 2.75) is 25.3 Å². The molecule has 4 heteroatoms. The average molecular weight is 308 g/mol. The summed E-state index contributed by atoms with van der Waals surface area (Å²) in [6.07, 6.45) is 4.74. The topological polar surface area (TPSA) is 50.7 Å². The second kappa shape index (κ2) is 7.58. The molecule has 1 aliphatic rings. The maximum atomic E-state index is 12.0. The van der Waals surface area contributed by atoms with Crippen molar-refractivity contribution in [1.82, 2.24) is 5.32 Å². The van der Waals surface area contributed by atoms with Gasteiger partial charge in [-0.3, -0.25) is 4.79 Å². The van der Waals surface area contributed by atoms with E-state index in [9.17, 15) is 4.79 Å². The molecule has 0 saturated heterocycles. The molecule has 0 spiro atoms. The Labute approximate surface area is 136 Å². The molecule has 23 heavy (non-hydrogen) atoms. The fourth-order valence-electron chi connectivity index (χ4n) is 2.87. The van der Waals surface area contributed by atoms with Crippen LogP contribution in [-0.4, -0.2) is 18.7 Å². The van der Waals surface area contributed by atoms with Gasteiger partial charge in [0.25, 0.3) is 5.91 Å². The van der Waals surface area contributed by atoms with Crippen molar-refractivity contribution >= 4 is 12.1 Å². The van der Waals surface area contributed by atoms with Gasteiger partial charge in [-0.1, -0.05) is 59.8 Å². The molecule has 1 amide bonds. The van der Waals surface area contributed by atoms with Crippen LogP contribution in [0.5, 0.6) is 0 Å². The first-order valence-corrected chi connectivity index (χ1v) is 7.90. The number of amides is 1. The summed E-state index contributed by atoms with van der Waals surface area (Å²) in [5.41, 5.74) is 3.49. The zero-order chi connectivity index (χ0) is 15.9. The molecule has 118 valence electrons. The standard InChI is InChI=1S/C19H20N2O2/c22-19(14-23-20-13-15-7-2-1-3-8-15)21-18-12-6-10-16-9-4-5-11-17(16)18/h1-5,7-9,11,13,18H,6,10,12,14H2,(H,21,22)/b20-13+. The molecular weight excluding hydrogens is 288 g/mol. The lowest BCUT2D eigenvalue weighted by atomic mass is 9.88. The second-order valence-electron chi connectivity index (χ2n) is 5.63. The van der Waals surface area contributed by atoms with Gasteiger partial charge in [0.15, 0.2) is 6.61 Å². The van der Waals surface area contributed by atoms with E-state index in [1.165, 1.54) is 11.1 Å². The number of carbonyl (C=O) groups is 1. The molecule has 0 saturated carbocycles. The number of fused-ring (bicyclic) bond motifs is 1. The predicted molar refractivity (Wildman–Crippen MR) is 90.3 cm³/mol. The molecule has 0 bridgehead atoms. The Morgan fingerprint density at radius 3 is 2.83 bits per heavy atom. The number of rotatable bonds is 5. The number of hydrogen-bond donors (Lipinski definition) is 1. The van der Waals surface area contributed by atoms with Crippen LogP contribution in [-0.2, 0) is 16.1 Å². The monoisotopic (exact) mass is 308 g/mol. The first-order valence-electron chi connectivity index (χ1n) is 7.90. The Kier molecular flexibility index (Phi) is 5.04. The van der Waals surface area contributed by atoms with Gasteiger partial charge < -0.3 is 10.2 Å². The van der Waals surface area contributed by atoms with Crippen LogP contribution >= 0.6 is 0 Å². The van der Waals surface area contributed by atoms with Crippen molar-refractivity contribution < 1.29 is 9.63 Å². The third-order valence-corrected chi connectivity index (χ3v) is 3.98. The third kappa shape index (κ3) is 4.19. The Morgan fingerprint density at radius 2 is 1.96 bits per heavy atom. The molecule has 4 nitrogen and oxygen atoms in total. The summed E-state index contributed by atoms with van der Waals surface area (Å²) in [4.78, 5) is 17.1. The molecule has 1 unspecified atom stereocenters. The van der Waals surface area contributed by atoms with Crippen molar-refractivity contribution in [1.29, 1.82) is 0 Å². The second-order valence-corrected chi connectivity index (χ2v) is 5.63. The van der Waals surface area contributed by atoms with Crippen LogP contribution in [0.4, 0.5) is 0 Å². The van der Waals surface area contributed by atoms with E-state index >= 15 is 0 Å². The van der Waals surface area contributed by atoms with Crippen molar-refractivity contribution in [3.63, 3.8) is 0 Å². The maximum Gasteiger partial charge on any atom is 0.261 e. The van der Waals surface area contributed by atoms with Crippen LogP contribution in [0.25, 0.3) is 0 Å². The van der Waals surface area contributed by atoms with E-state index in [0.29, 0.717) is 0 Å². The number of benzene rings is 2. The minimum atomic E-state index is -0.142. The van der Waals surface area contributed by atoms with Crippen molar-refractivity contribution in [2.75, 3.05) is 6.61 Å². The molecule has 1 aliphatic carbocycles. The van der Waals surface area contributed by atoms with Crippen molar-refractivity contribution in [2.24, 2.45) is 5.16 Å². The summed E-state index contributed by atoms with van der Waals surface area (Å²) in [6, 6.07) is 18.0. The summed E-state index contributed by atoms with van der Waals surface area (Å²) in [6.45, 7) is -0.0675. The van der Waals surface area contributed by atoms with Gasteiger partial charge in [-0.2, -0.15) is 0 Å². The molecule has 0 fully saturated rings. The Hall–Kier alpha value is -2.62. The van der Waals surface area contributed by atoms with E-state index in [1.807, 2.05) is 42.5 Å². The smallest absolute Gasteiger partial charge is 0.261 e. The molecular formula is C19H20N2O2. The van der Waals surface area contributed by atoms with Crippen LogP contribution in [0.1, 0.15) is 35.6 Å². The SMILES string of the molecule is O=C(CO/N=C/c1ccccc1)NC1CCCc2ccccc21. The molecule has 3 rings (SSSR count). The number of hydrogen-bond acceptors (Lipinski definition) is 3. The summed E-state index contributed by atoms with van der Waals surface area (Å²) in [5.74, 6) is -0.142. The minimum absolute atomic E-state index is 0.0675. The van der Waals surface area contributed by atoms with Gasteiger partial charge >= 0.3 is 0 Å². The zero-order valence-electron chi connectivity index (χ0n) is 12.9. The summed E-state index contributed by atoms with van der Waals surface area (Å²) in [7, 11) is 0. The zero-order valence-corrected chi connectivity index (χ0v) is 12.9. The van der Waals surface area contributed by atoms with E-state index in [2.05, 4.69) is 22.6 Å². The molecule has 2 aromatic rings. The van der Waals surface area contributed by atoms with Crippen LogP contribution in [0, 0.1) is 0 Å². The quantitative estimate of drug-likeness (QED) is 0.681. The van der Waals surface area contributed by atoms with E-state index in [0.717, 1.165) is 24.8 Å². The van der Waals surface area contributed by atoms with E-state index in [-0.39, 0.29) is 18.6 Å². The van der Waals surface area contributed by atoms with Gasteiger partial charge in [0, 0.05) is 0 Å². The molecule has 1 N–H and O–H groups in total. The Balaban J connectivity index is 1.50. The number of carbonyl (C=O) groups excluding carboxylic acids is 1.